The van der Waals surface area contributed by atoms with Crippen LogP contribution in [0.3, 0.4) is 0 Å². The average molecular weight is 488 g/mol. The first-order valence-electron chi connectivity index (χ1n) is 9.93. The molecule has 34 heavy (non-hydrogen) atoms. The fourth-order valence-corrected chi connectivity index (χ4v) is 4.83. The summed E-state index contributed by atoms with van der Waals surface area (Å²) in [6, 6.07) is 24.9. The summed E-state index contributed by atoms with van der Waals surface area (Å²) in [6.45, 7) is 0. The largest absolute Gasteiger partial charge is 0.396 e. The number of amides is 1. The topological polar surface area (TPSA) is 134 Å². The van der Waals surface area contributed by atoms with Crippen LogP contribution in [0.1, 0.15) is 15.2 Å². The molecule has 0 unspecified atom stereocenters. The summed E-state index contributed by atoms with van der Waals surface area (Å²) in [5.41, 5.74) is 7.86. The third kappa shape index (κ3) is 5.17. The van der Waals surface area contributed by atoms with Crippen LogP contribution in [0.4, 0.5) is 27.8 Å². The number of nitro groups is 1. The van der Waals surface area contributed by atoms with Gasteiger partial charge in [0, 0.05) is 33.3 Å². The van der Waals surface area contributed by atoms with Gasteiger partial charge in [-0.25, -0.2) is 0 Å². The lowest BCUT2D eigenvalue weighted by Crippen LogP contribution is -2.12. The number of nitrogens with zero attached hydrogens (tertiary/aromatic N) is 2. The average Bonchev–Trinajstić information content (AvgIpc) is 3.16. The summed E-state index contributed by atoms with van der Waals surface area (Å²) in [7, 11) is 0. The normalized spacial score (nSPS) is 10.3. The van der Waals surface area contributed by atoms with Crippen LogP contribution in [0.5, 0.6) is 0 Å². The van der Waals surface area contributed by atoms with Gasteiger partial charge in [-0.15, -0.1) is 11.3 Å². The number of anilines is 4. The molecular weight excluding hydrogens is 470 g/mol. The van der Waals surface area contributed by atoms with Crippen molar-refractivity contribution in [2.75, 3.05) is 16.4 Å². The minimum atomic E-state index is -0.438. The molecule has 0 aliphatic carbocycles. The Morgan fingerprint density at radius 2 is 1.59 bits per heavy atom. The van der Waals surface area contributed by atoms with Crippen LogP contribution in [0.15, 0.2) is 88.7 Å². The van der Waals surface area contributed by atoms with E-state index in [2.05, 4.69) is 16.7 Å². The van der Waals surface area contributed by atoms with Gasteiger partial charge in [-0.1, -0.05) is 30.0 Å². The molecule has 0 aliphatic heterocycles. The lowest BCUT2D eigenvalue weighted by molar-refractivity contribution is -0.384. The minimum Gasteiger partial charge on any atom is -0.396 e. The standard InChI is InChI=1S/C24H17N5O3S2/c25-14-20-21(26)22(34-24(20)28-15-4-2-1-3-5-15)23(30)27-16-6-10-18(11-7-16)33-19-12-8-17(9-13-19)29(31)32/h1-13,28H,26H2,(H,27,30). The summed E-state index contributed by atoms with van der Waals surface area (Å²) < 4.78 is 0. The monoisotopic (exact) mass is 487 g/mol. The van der Waals surface area contributed by atoms with Gasteiger partial charge >= 0.3 is 0 Å². The van der Waals surface area contributed by atoms with Crippen molar-refractivity contribution in [2.45, 2.75) is 9.79 Å². The second-order valence-corrected chi connectivity index (χ2v) is 9.15. The number of non-ortho nitro benzene ring substituents is 1. The molecule has 4 N–H and O–H groups in total. The number of nitrogen functional groups attached to an aromatic ring is 1. The fraction of sp³-hybridized carbons (Fsp3) is 0. The molecule has 10 heteroatoms. The van der Waals surface area contributed by atoms with E-state index in [9.17, 15) is 20.2 Å². The van der Waals surface area contributed by atoms with Gasteiger partial charge in [-0.3, -0.25) is 14.9 Å². The highest BCUT2D eigenvalue weighted by molar-refractivity contribution is 7.99. The van der Waals surface area contributed by atoms with Crippen LogP contribution in [-0.4, -0.2) is 10.8 Å². The molecule has 0 saturated heterocycles. The van der Waals surface area contributed by atoms with Gasteiger partial charge in [0.05, 0.1) is 10.6 Å². The SMILES string of the molecule is N#Cc1c(Nc2ccccc2)sc(C(=O)Nc2ccc(Sc3ccc([N+](=O)[O-])cc3)cc2)c1N. The van der Waals surface area contributed by atoms with Crippen molar-refractivity contribution in [3.63, 3.8) is 0 Å². The van der Waals surface area contributed by atoms with Crippen LogP contribution in [0.25, 0.3) is 0 Å². The number of nitriles is 1. The highest BCUT2D eigenvalue weighted by atomic mass is 32.2. The summed E-state index contributed by atoms with van der Waals surface area (Å²) in [5, 5.41) is 26.8. The van der Waals surface area contributed by atoms with E-state index in [0.717, 1.165) is 26.8 Å². The maximum absolute atomic E-state index is 12.9. The van der Waals surface area contributed by atoms with E-state index in [0.29, 0.717) is 10.7 Å². The summed E-state index contributed by atoms with van der Waals surface area (Å²) in [5.74, 6) is -0.407. The van der Waals surface area contributed by atoms with Crippen molar-refractivity contribution >= 4 is 56.8 Å². The van der Waals surface area contributed by atoms with E-state index in [-0.39, 0.29) is 21.8 Å². The Bertz CT molecular complexity index is 1380. The summed E-state index contributed by atoms with van der Waals surface area (Å²) >= 11 is 2.56. The van der Waals surface area contributed by atoms with E-state index >= 15 is 0 Å². The smallest absolute Gasteiger partial charge is 0.269 e. The Kier molecular flexibility index (Phi) is 6.77. The van der Waals surface area contributed by atoms with Gasteiger partial charge in [0.1, 0.15) is 21.5 Å². The molecule has 4 aromatic rings. The lowest BCUT2D eigenvalue weighted by Gasteiger charge is -2.06. The first-order chi connectivity index (χ1) is 16.4. The third-order valence-electron chi connectivity index (χ3n) is 4.69. The number of para-hydroxylation sites is 1. The molecule has 1 amide bonds. The second kappa shape index (κ2) is 10.1. The molecule has 0 saturated carbocycles. The quantitative estimate of drug-likeness (QED) is 0.207. The molecule has 0 fully saturated rings. The number of hydrogen-bond acceptors (Lipinski definition) is 8. The van der Waals surface area contributed by atoms with Crippen molar-refractivity contribution in [2.24, 2.45) is 0 Å². The molecule has 168 valence electrons. The third-order valence-corrected chi connectivity index (χ3v) is 6.83. The van der Waals surface area contributed by atoms with Gasteiger partial charge in [0.25, 0.3) is 11.6 Å². The number of benzene rings is 3. The molecule has 0 radical (unpaired) electrons. The van der Waals surface area contributed by atoms with E-state index in [1.165, 1.54) is 23.9 Å². The van der Waals surface area contributed by atoms with Crippen molar-refractivity contribution in [3.8, 4) is 6.07 Å². The van der Waals surface area contributed by atoms with Crippen molar-refractivity contribution in [1.29, 1.82) is 5.26 Å². The van der Waals surface area contributed by atoms with Gasteiger partial charge in [-0.2, -0.15) is 5.26 Å². The first-order valence-corrected chi connectivity index (χ1v) is 11.6. The van der Waals surface area contributed by atoms with Crippen LogP contribution in [0.2, 0.25) is 0 Å². The zero-order valence-corrected chi connectivity index (χ0v) is 19.2. The zero-order valence-electron chi connectivity index (χ0n) is 17.5. The number of carbonyl (C=O) groups is 1. The van der Waals surface area contributed by atoms with Gasteiger partial charge in [-0.05, 0) is 48.5 Å². The van der Waals surface area contributed by atoms with E-state index in [1.54, 1.807) is 24.3 Å². The molecule has 8 nitrogen and oxygen atoms in total. The van der Waals surface area contributed by atoms with E-state index in [1.807, 2.05) is 42.5 Å². The molecule has 0 bridgehead atoms. The van der Waals surface area contributed by atoms with Crippen molar-refractivity contribution < 1.29 is 9.72 Å². The maximum atomic E-state index is 12.9. The van der Waals surface area contributed by atoms with Crippen molar-refractivity contribution in [3.05, 3.63) is 99.4 Å². The van der Waals surface area contributed by atoms with E-state index in [4.69, 9.17) is 5.73 Å². The van der Waals surface area contributed by atoms with Crippen LogP contribution < -0.4 is 16.4 Å². The Morgan fingerprint density at radius 3 is 2.18 bits per heavy atom. The lowest BCUT2D eigenvalue weighted by atomic mass is 10.2. The Labute approximate surface area is 203 Å². The van der Waals surface area contributed by atoms with Crippen LogP contribution >= 0.6 is 23.1 Å². The first kappa shape index (κ1) is 22.8. The second-order valence-electron chi connectivity index (χ2n) is 6.98. The predicted molar refractivity (Wildman–Crippen MR) is 135 cm³/mol. The Morgan fingerprint density at radius 1 is 0.971 bits per heavy atom. The van der Waals surface area contributed by atoms with Gasteiger partial charge in [0.2, 0.25) is 0 Å². The Balaban J connectivity index is 1.45. The molecule has 4 rings (SSSR count). The highest BCUT2D eigenvalue weighted by Gasteiger charge is 2.21. The maximum Gasteiger partial charge on any atom is 0.269 e. The number of rotatable bonds is 7. The minimum absolute atomic E-state index is 0.0388. The number of nitrogens with one attached hydrogen (secondary N) is 2. The summed E-state index contributed by atoms with van der Waals surface area (Å²) in [4.78, 5) is 25.2. The number of nitro benzene ring substituents is 1. The molecule has 0 spiro atoms. The number of nitrogens with two attached hydrogens (primary N) is 1. The molecule has 1 heterocycles. The zero-order chi connectivity index (χ0) is 24.1. The number of hydrogen-bond donors (Lipinski definition) is 3. The van der Waals surface area contributed by atoms with Crippen molar-refractivity contribution in [1.82, 2.24) is 0 Å². The number of thiophene rings is 1. The van der Waals surface area contributed by atoms with Gasteiger partial charge in [0.15, 0.2) is 0 Å². The fourth-order valence-electron chi connectivity index (χ4n) is 3.03. The van der Waals surface area contributed by atoms with Gasteiger partial charge < -0.3 is 16.4 Å². The predicted octanol–water partition coefficient (Wildman–Crippen LogP) is 6.26. The van der Waals surface area contributed by atoms with Crippen LogP contribution in [-0.2, 0) is 0 Å². The highest BCUT2D eigenvalue weighted by Crippen LogP contribution is 2.37. The molecule has 3 aromatic carbocycles. The summed E-state index contributed by atoms with van der Waals surface area (Å²) in [6.07, 6.45) is 0. The molecule has 0 aliphatic rings. The van der Waals surface area contributed by atoms with E-state index < -0.39 is 10.8 Å². The number of carbonyl (C=O) groups excluding carboxylic acids is 1. The van der Waals surface area contributed by atoms with Crippen LogP contribution in [0, 0.1) is 21.4 Å². The molecule has 1 aromatic heterocycles. The Hall–Kier alpha value is -4.33. The molecule has 0 atom stereocenters. The molecular formula is C24H17N5O3S2.